The van der Waals surface area contributed by atoms with Gasteiger partial charge in [-0.15, -0.1) is 11.3 Å². The van der Waals surface area contributed by atoms with E-state index in [1.165, 1.54) is 24.9 Å². The van der Waals surface area contributed by atoms with Crippen molar-refractivity contribution in [3.05, 3.63) is 21.9 Å². The number of nitrogens with one attached hydrogen (secondary N) is 1. The quantitative estimate of drug-likeness (QED) is 0.805. The van der Waals surface area contributed by atoms with E-state index in [9.17, 15) is 0 Å². The molecular formula is C13H21NS. The van der Waals surface area contributed by atoms with Gasteiger partial charge in [0.1, 0.15) is 0 Å². The highest BCUT2D eigenvalue weighted by Crippen LogP contribution is 2.31. The van der Waals surface area contributed by atoms with Gasteiger partial charge in [-0.05, 0) is 55.2 Å². The number of hydrogen-bond donors (Lipinski definition) is 1. The second-order valence-electron chi connectivity index (χ2n) is 4.92. The molecule has 0 radical (unpaired) electrons. The molecule has 2 atom stereocenters. The third-order valence-corrected chi connectivity index (χ3v) is 4.69. The van der Waals surface area contributed by atoms with Gasteiger partial charge in [-0.1, -0.05) is 13.8 Å². The van der Waals surface area contributed by atoms with E-state index >= 15 is 0 Å². The Kier molecular flexibility index (Phi) is 3.47. The van der Waals surface area contributed by atoms with E-state index in [0.717, 1.165) is 12.0 Å². The lowest BCUT2D eigenvalue weighted by atomic mass is 9.92. The van der Waals surface area contributed by atoms with Crippen LogP contribution in [-0.4, -0.2) is 12.6 Å². The van der Waals surface area contributed by atoms with Gasteiger partial charge in [0.15, 0.2) is 0 Å². The smallest absolute Gasteiger partial charge is 0.0106 e. The molecule has 0 spiro atoms. The molecule has 0 aliphatic heterocycles. The summed E-state index contributed by atoms with van der Waals surface area (Å²) in [5.41, 5.74) is 1.46. The first-order valence-corrected chi connectivity index (χ1v) is 6.84. The van der Waals surface area contributed by atoms with Crippen molar-refractivity contribution in [2.75, 3.05) is 6.54 Å². The van der Waals surface area contributed by atoms with E-state index in [1.807, 2.05) is 11.3 Å². The fraction of sp³-hybridized carbons (Fsp3) is 0.692. The van der Waals surface area contributed by atoms with Crippen molar-refractivity contribution >= 4 is 11.3 Å². The Balaban J connectivity index is 1.88. The molecule has 0 aromatic carbocycles. The van der Waals surface area contributed by atoms with Crippen molar-refractivity contribution in [2.24, 2.45) is 5.92 Å². The van der Waals surface area contributed by atoms with E-state index in [1.54, 1.807) is 4.88 Å². The molecular weight excluding hydrogens is 202 g/mol. The summed E-state index contributed by atoms with van der Waals surface area (Å²) in [7, 11) is 0. The first kappa shape index (κ1) is 11.2. The van der Waals surface area contributed by atoms with Gasteiger partial charge in [-0.3, -0.25) is 0 Å². The van der Waals surface area contributed by atoms with Gasteiger partial charge < -0.3 is 5.32 Å². The molecule has 1 heterocycles. The van der Waals surface area contributed by atoms with E-state index in [2.05, 4.69) is 37.5 Å². The van der Waals surface area contributed by atoms with Crippen LogP contribution in [0.25, 0.3) is 0 Å². The van der Waals surface area contributed by atoms with Gasteiger partial charge in [-0.25, -0.2) is 0 Å². The average Bonchev–Trinajstić information content (AvgIpc) is 2.96. The van der Waals surface area contributed by atoms with Gasteiger partial charge in [0.25, 0.3) is 0 Å². The Morgan fingerprint density at radius 2 is 2.20 bits per heavy atom. The third kappa shape index (κ3) is 2.82. The van der Waals surface area contributed by atoms with Crippen LogP contribution in [0.1, 0.15) is 43.0 Å². The minimum Gasteiger partial charge on any atom is -0.314 e. The zero-order chi connectivity index (χ0) is 10.8. The summed E-state index contributed by atoms with van der Waals surface area (Å²) in [6.45, 7) is 8.11. The maximum Gasteiger partial charge on any atom is 0.0106 e. The molecule has 1 fully saturated rings. The summed E-state index contributed by atoms with van der Waals surface area (Å²) in [6.07, 6.45) is 2.78. The fourth-order valence-electron chi connectivity index (χ4n) is 1.93. The first-order chi connectivity index (χ1) is 7.18. The lowest BCUT2D eigenvalue weighted by Crippen LogP contribution is -2.25. The minimum atomic E-state index is 0.691. The molecule has 1 aromatic heterocycles. The topological polar surface area (TPSA) is 12.0 Å². The normalized spacial score (nSPS) is 20.2. The van der Waals surface area contributed by atoms with E-state index in [-0.39, 0.29) is 0 Å². The zero-order valence-electron chi connectivity index (χ0n) is 9.92. The maximum absolute atomic E-state index is 3.62. The molecule has 0 bridgehead atoms. The van der Waals surface area contributed by atoms with Crippen LogP contribution in [0.2, 0.25) is 0 Å². The van der Waals surface area contributed by atoms with Gasteiger partial charge in [0, 0.05) is 10.9 Å². The zero-order valence-corrected chi connectivity index (χ0v) is 10.7. The molecule has 0 amide bonds. The Morgan fingerprint density at radius 1 is 1.47 bits per heavy atom. The van der Waals surface area contributed by atoms with E-state index in [0.29, 0.717) is 5.92 Å². The van der Waals surface area contributed by atoms with Crippen molar-refractivity contribution in [2.45, 2.75) is 45.6 Å². The predicted octanol–water partition coefficient (Wildman–Crippen LogP) is 3.55. The summed E-state index contributed by atoms with van der Waals surface area (Å²) < 4.78 is 0. The number of aryl methyl sites for hydroxylation is 1. The molecule has 2 heteroatoms. The van der Waals surface area contributed by atoms with Crippen LogP contribution in [0.5, 0.6) is 0 Å². The van der Waals surface area contributed by atoms with Crippen LogP contribution in [0.15, 0.2) is 11.4 Å². The van der Waals surface area contributed by atoms with Crippen molar-refractivity contribution in [3.8, 4) is 0 Å². The molecule has 1 nitrogen and oxygen atoms in total. The van der Waals surface area contributed by atoms with Gasteiger partial charge in [-0.2, -0.15) is 0 Å². The van der Waals surface area contributed by atoms with Crippen LogP contribution in [0.3, 0.4) is 0 Å². The lowest BCUT2D eigenvalue weighted by molar-refractivity contribution is 0.449. The van der Waals surface area contributed by atoms with Crippen LogP contribution in [-0.2, 0) is 0 Å². The van der Waals surface area contributed by atoms with Crippen molar-refractivity contribution in [1.82, 2.24) is 5.32 Å². The molecule has 1 aliphatic rings. The summed E-state index contributed by atoms with van der Waals surface area (Å²) in [5, 5.41) is 5.83. The largest absolute Gasteiger partial charge is 0.314 e. The van der Waals surface area contributed by atoms with Crippen LogP contribution < -0.4 is 5.32 Å². The highest BCUT2D eigenvalue weighted by molar-refractivity contribution is 7.10. The number of rotatable bonds is 5. The molecule has 1 saturated carbocycles. The summed E-state index contributed by atoms with van der Waals surface area (Å²) in [4.78, 5) is 1.57. The summed E-state index contributed by atoms with van der Waals surface area (Å²) in [5.74, 6) is 1.43. The van der Waals surface area contributed by atoms with E-state index in [4.69, 9.17) is 0 Å². The van der Waals surface area contributed by atoms with Crippen LogP contribution in [0, 0.1) is 12.8 Å². The van der Waals surface area contributed by atoms with Gasteiger partial charge >= 0.3 is 0 Å². The van der Waals surface area contributed by atoms with Crippen LogP contribution >= 0.6 is 11.3 Å². The molecule has 0 saturated heterocycles. The molecule has 2 rings (SSSR count). The number of hydrogen-bond acceptors (Lipinski definition) is 2. The fourth-order valence-corrected chi connectivity index (χ4v) is 3.05. The third-order valence-electron chi connectivity index (χ3n) is 3.47. The summed E-state index contributed by atoms with van der Waals surface area (Å²) >= 11 is 1.91. The molecule has 15 heavy (non-hydrogen) atoms. The van der Waals surface area contributed by atoms with Gasteiger partial charge in [0.05, 0.1) is 0 Å². The average molecular weight is 223 g/mol. The highest BCUT2D eigenvalue weighted by Gasteiger charge is 2.23. The Labute approximate surface area is 96.9 Å². The second kappa shape index (κ2) is 4.67. The maximum atomic E-state index is 3.62. The summed E-state index contributed by atoms with van der Waals surface area (Å²) in [6, 6.07) is 3.07. The Hall–Kier alpha value is -0.340. The van der Waals surface area contributed by atoms with Crippen LogP contribution in [0.4, 0.5) is 0 Å². The standard InChI is InChI=1S/C13H21NS/c1-9-6-7-15-13(9)11(3)10(2)8-14-12-4-5-12/h6-7,10-12,14H,4-5,8H2,1-3H3. The van der Waals surface area contributed by atoms with E-state index < -0.39 is 0 Å². The monoisotopic (exact) mass is 223 g/mol. The van der Waals surface area contributed by atoms with Crippen molar-refractivity contribution in [1.29, 1.82) is 0 Å². The molecule has 1 N–H and O–H groups in total. The van der Waals surface area contributed by atoms with Crippen molar-refractivity contribution < 1.29 is 0 Å². The highest BCUT2D eigenvalue weighted by atomic mass is 32.1. The predicted molar refractivity (Wildman–Crippen MR) is 67.7 cm³/mol. The van der Waals surface area contributed by atoms with Crippen molar-refractivity contribution in [3.63, 3.8) is 0 Å². The minimum absolute atomic E-state index is 0.691. The van der Waals surface area contributed by atoms with Gasteiger partial charge in [0.2, 0.25) is 0 Å². The second-order valence-corrected chi connectivity index (χ2v) is 5.86. The lowest BCUT2D eigenvalue weighted by Gasteiger charge is -2.20. The molecule has 1 aliphatic carbocycles. The SMILES string of the molecule is Cc1ccsc1C(C)C(C)CNC1CC1. The molecule has 1 aromatic rings. The Bertz CT molecular complexity index is 314. The molecule has 2 unspecified atom stereocenters. The Morgan fingerprint density at radius 3 is 2.73 bits per heavy atom. The number of thiophene rings is 1. The first-order valence-electron chi connectivity index (χ1n) is 5.96. The molecule has 84 valence electrons.